The fraction of sp³-hybridized carbons (Fsp3) is 0.440. The van der Waals surface area contributed by atoms with E-state index in [0.717, 1.165) is 11.0 Å². The van der Waals surface area contributed by atoms with Gasteiger partial charge in [0.1, 0.15) is 18.1 Å². The van der Waals surface area contributed by atoms with Crippen molar-refractivity contribution in [3.05, 3.63) is 58.9 Å². The third kappa shape index (κ3) is 4.91. The molecule has 2 amide bonds. The van der Waals surface area contributed by atoms with Crippen LogP contribution in [0, 0.1) is 5.82 Å². The van der Waals surface area contributed by atoms with Crippen molar-refractivity contribution in [2.24, 2.45) is 0 Å². The summed E-state index contributed by atoms with van der Waals surface area (Å²) in [5.41, 5.74) is 1.40. The van der Waals surface area contributed by atoms with E-state index in [-0.39, 0.29) is 24.7 Å². The minimum atomic E-state index is -0.845. The molecule has 2 aromatic rings. The van der Waals surface area contributed by atoms with E-state index in [2.05, 4.69) is 5.32 Å². The fourth-order valence-corrected chi connectivity index (χ4v) is 4.18. The van der Waals surface area contributed by atoms with Crippen molar-refractivity contribution < 1.29 is 33.1 Å². The summed E-state index contributed by atoms with van der Waals surface area (Å²) in [4.78, 5) is 27.2. The van der Waals surface area contributed by atoms with Crippen molar-refractivity contribution in [2.75, 3.05) is 20.3 Å². The molecule has 1 atom stereocenters. The molecule has 2 aliphatic rings. The quantitative estimate of drug-likeness (QED) is 0.584. The highest BCUT2D eigenvalue weighted by molar-refractivity contribution is 6.62. The van der Waals surface area contributed by atoms with Crippen molar-refractivity contribution >= 4 is 24.4 Å². The standard InChI is InChI=1S/C25H30BFN2O6/c1-24(2)25(3,4)35-26(34-24)17-7-6-15-12-29(23(32)20(15)10-17)13-22(31)28-21(14-30)16-8-18(27)11-19(9-16)33-5/h6-11,21,30H,12-14H2,1-5H3,(H,28,31). The largest absolute Gasteiger partial charge is 0.497 e. The molecule has 2 heterocycles. The normalized spacial score (nSPS) is 19.0. The summed E-state index contributed by atoms with van der Waals surface area (Å²) in [6.45, 7) is 7.49. The SMILES string of the molecule is COc1cc(F)cc(C(CO)NC(=O)CN2Cc3ccc(B4OC(C)(C)C(C)(C)O4)cc3C2=O)c1. The molecule has 186 valence electrons. The Morgan fingerprint density at radius 3 is 2.51 bits per heavy atom. The minimum absolute atomic E-state index is 0.206. The lowest BCUT2D eigenvalue weighted by Crippen LogP contribution is -2.41. The van der Waals surface area contributed by atoms with Gasteiger partial charge in [-0.1, -0.05) is 12.1 Å². The molecule has 0 aliphatic carbocycles. The Morgan fingerprint density at radius 1 is 1.20 bits per heavy atom. The van der Waals surface area contributed by atoms with Gasteiger partial charge in [0, 0.05) is 18.2 Å². The number of hydrogen-bond donors (Lipinski definition) is 2. The van der Waals surface area contributed by atoms with Crippen LogP contribution in [0.5, 0.6) is 5.75 Å². The molecule has 0 spiro atoms. The van der Waals surface area contributed by atoms with Gasteiger partial charge in [-0.3, -0.25) is 9.59 Å². The molecule has 4 rings (SSSR count). The molecule has 35 heavy (non-hydrogen) atoms. The molecule has 2 N–H and O–H groups in total. The van der Waals surface area contributed by atoms with Crippen molar-refractivity contribution in [2.45, 2.75) is 51.5 Å². The number of methoxy groups -OCH3 is 1. The number of amides is 2. The van der Waals surface area contributed by atoms with Gasteiger partial charge in [-0.25, -0.2) is 4.39 Å². The topological polar surface area (TPSA) is 97.3 Å². The number of benzene rings is 2. The Balaban J connectivity index is 1.43. The van der Waals surface area contributed by atoms with Crippen LogP contribution < -0.4 is 15.5 Å². The van der Waals surface area contributed by atoms with Crippen LogP contribution in [0.4, 0.5) is 4.39 Å². The van der Waals surface area contributed by atoms with Gasteiger partial charge in [0.05, 0.1) is 31.0 Å². The number of nitrogens with zero attached hydrogens (tertiary/aromatic N) is 1. The van der Waals surface area contributed by atoms with Gasteiger partial charge in [-0.15, -0.1) is 0 Å². The maximum absolute atomic E-state index is 13.9. The van der Waals surface area contributed by atoms with Gasteiger partial charge in [0.2, 0.25) is 5.91 Å². The van der Waals surface area contributed by atoms with Crippen LogP contribution in [0.25, 0.3) is 0 Å². The van der Waals surface area contributed by atoms with Crippen LogP contribution in [0.3, 0.4) is 0 Å². The number of aliphatic hydroxyl groups excluding tert-OH is 1. The van der Waals surface area contributed by atoms with Gasteiger partial charge < -0.3 is 29.4 Å². The number of hydrogen-bond acceptors (Lipinski definition) is 6. The van der Waals surface area contributed by atoms with Crippen LogP contribution in [0.2, 0.25) is 0 Å². The first-order valence-electron chi connectivity index (χ1n) is 11.5. The smallest absolute Gasteiger partial charge is 0.494 e. The lowest BCUT2D eigenvalue weighted by Gasteiger charge is -2.32. The second kappa shape index (κ2) is 9.25. The second-order valence-corrected chi connectivity index (χ2v) is 9.89. The molecule has 2 aromatic carbocycles. The van der Waals surface area contributed by atoms with E-state index < -0.39 is 42.7 Å². The molecular formula is C25H30BFN2O6. The van der Waals surface area contributed by atoms with E-state index in [1.54, 1.807) is 12.1 Å². The molecule has 0 saturated carbocycles. The van der Waals surface area contributed by atoms with E-state index in [1.165, 1.54) is 24.1 Å². The van der Waals surface area contributed by atoms with Crippen molar-refractivity contribution in [1.29, 1.82) is 0 Å². The highest BCUT2D eigenvalue weighted by Gasteiger charge is 2.52. The number of rotatable bonds is 7. The summed E-state index contributed by atoms with van der Waals surface area (Å²) in [6.07, 6.45) is 0. The Hall–Kier alpha value is -2.95. The number of fused-ring (bicyclic) bond motifs is 1. The van der Waals surface area contributed by atoms with Gasteiger partial charge in [-0.05, 0) is 62.5 Å². The summed E-state index contributed by atoms with van der Waals surface area (Å²) in [7, 11) is 0.809. The average Bonchev–Trinajstić information content (AvgIpc) is 3.22. The lowest BCUT2D eigenvalue weighted by molar-refractivity contribution is -0.122. The Bertz CT molecular complexity index is 1140. The molecule has 10 heteroatoms. The predicted octanol–water partition coefficient (Wildman–Crippen LogP) is 1.94. The molecule has 1 fully saturated rings. The molecule has 8 nitrogen and oxygen atoms in total. The Labute approximate surface area is 204 Å². The van der Waals surface area contributed by atoms with E-state index in [1.807, 2.05) is 39.8 Å². The zero-order valence-electron chi connectivity index (χ0n) is 20.6. The van der Waals surface area contributed by atoms with Crippen LogP contribution in [-0.4, -0.2) is 60.4 Å². The summed E-state index contributed by atoms with van der Waals surface area (Å²) >= 11 is 0. The summed E-state index contributed by atoms with van der Waals surface area (Å²) in [5, 5.41) is 12.4. The summed E-state index contributed by atoms with van der Waals surface area (Å²) in [5.74, 6) is -1.02. The molecule has 2 aliphatic heterocycles. The van der Waals surface area contributed by atoms with E-state index in [0.29, 0.717) is 11.1 Å². The first-order valence-corrected chi connectivity index (χ1v) is 11.5. The molecular weight excluding hydrogens is 454 g/mol. The Kier molecular flexibility index (Phi) is 6.65. The molecule has 0 bridgehead atoms. The number of nitrogens with one attached hydrogen (secondary N) is 1. The van der Waals surface area contributed by atoms with Crippen molar-refractivity contribution in [3.63, 3.8) is 0 Å². The maximum Gasteiger partial charge on any atom is 0.494 e. The number of aliphatic hydroxyl groups is 1. The van der Waals surface area contributed by atoms with Crippen LogP contribution in [0.1, 0.15) is 55.2 Å². The number of halogens is 1. The van der Waals surface area contributed by atoms with E-state index >= 15 is 0 Å². The third-order valence-corrected chi connectivity index (χ3v) is 6.92. The van der Waals surface area contributed by atoms with Crippen molar-refractivity contribution in [1.82, 2.24) is 10.2 Å². The number of carbonyl (C=O) groups excluding carboxylic acids is 2. The highest BCUT2D eigenvalue weighted by Crippen LogP contribution is 2.36. The van der Waals surface area contributed by atoms with Gasteiger partial charge in [-0.2, -0.15) is 0 Å². The zero-order chi connectivity index (χ0) is 25.5. The van der Waals surface area contributed by atoms with Gasteiger partial charge >= 0.3 is 7.12 Å². The predicted molar refractivity (Wildman–Crippen MR) is 128 cm³/mol. The molecule has 0 aromatic heterocycles. The van der Waals surface area contributed by atoms with Crippen LogP contribution >= 0.6 is 0 Å². The number of carbonyl (C=O) groups is 2. The van der Waals surface area contributed by atoms with Crippen LogP contribution in [-0.2, 0) is 20.6 Å². The van der Waals surface area contributed by atoms with E-state index in [4.69, 9.17) is 14.0 Å². The van der Waals surface area contributed by atoms with Gasteiger partial charge in [0.25, 0.3) is 5.91 Å². The first kappa shape index (κ1) is 25.2. The summed E-state index contributed by atoms with van der Waals surface area (Å²) < 4.78 is 31.1. The van der Waals surface area contributed by atoms with E-state index in [9.17, 15) is 19.1 Å². The Morgan fingerprint density at radius 2 is 1.89 bits per heavy atom. The molecule has 1 saturated heterocycles. The second-order valence-electron chi connectivity index (χ2n) is 9.89. The first-order chi connectivity index (χ1) is 16.4. The van der Waals surface area contributed by atoms with Gasteiger partial charge in [0.15, 0.2) is 0 Å². The molecule has 1 unspecified atom stereocenters. The molecule has 0 radical (unpaired) electrons. The zero-order valence-corrected chi connectivity index (χ0v) is 20.6. The van der Waals surface area contributed by atoms with Crippen LogP contribution in [0.15, 0.2) is 36.4 Å². The maximum atomic E-state index is 13.9. The highest BCUT2D eigenvalue weighted by atomic mass is 19.1. The lowest BCUT2D eigenvalue weighted by atomic mass is 9.78. The minimum Gasteiger partial charge on any atom is -0.497 e. The average molecular weight is 484 g/mol. The number of ether oxygens (including phenoxy) is 1. The monoisotopic (exact) mass is 484 g/mol. The fourth-order valence-electron chi connectivity index (χ4n) is 4.18. The van der Waals surface area contributed by atoms with Crippen molar-refractivity contribution in [3.8, 4) is 5.75 Å². The third-order valence-electron chi connectivity index (χ3n) is 6.92. The summed E-state index contributed by atoms with van der Waals surface area (Å²) in [6, 6.07) is 8.60.